The highest BCUT2D eigenvalue weighted by atomic mass is 16.5. The molecule has 0 amide bonds. The lowest BCUT2D eigenvalue weighted by Gasteiger charge is -2.12. The summed E-state index contributed by atoms with van der Waals surface area (Å²) in [6, 6.07) is 4.63. The second-order valence-corrected chi connectivity index (χ2v) is 4.89. The molecular formula is C15H26N2O2. The monoisotopic (exact) mass is 266 g/mol. The lowest BCUT2D eigenvalue weighted by atomic mass is 10.2. The van der Waals surface area contributed by atoms with E-state index in [4.69, 9.17) is 9.47 Å². The Hall–Kier alpha value is -1.13. The zero-order chi connectivity index (χ0) is 14.1. The fourth-order valence-corrected chi connectivity index (χ4v) is 1.68. The van der Waals surface area contributed by atoms with Crippen molar-refractivity contribution >= 4 is 0 Å². The molecule has 0 atom stereocenters. The summed E-state index contributed by atoms with van der Waals surface area (Å²) in [6.45, 7) is 8.60. The Morgan fingerprint density at radius 2 is 2.05 bits per heavy atom. The molecule has 0 aromatic carbocycles. The second kappa shape index (κ2) is 8.88. The van der Waals surface area contributed by atoms with Gasteiger partial charge in [0.25, 0.3) is 0 Å². The van der Waals surface area contributed by atoms with Crippen molar-refractivity contribution in [3.05, 3.63) is 23.4 Å². The molecule has 4 heteroatoms. The third-order valence-corrected chi connectivity index (χ3v) is 2.73. The van der Waals surface area contributed by atoms with Crippen molar-refractivity contribution in [2.24, 2.45) is 0 Å². The molecule has 4 nitrogen and oxygen atoms in total. The van der Waals surface area contributed by atoms with Gasteiger partial charge in [-0.3, -0.25) is 0 Å². The zero-order valence-corrected chi connectivity index (χ0v) is 12.5. The molecular weight excluding hydrogens is 240 g/mol. The normalized spacial score (nSPS) is 11.0. The Bertz CT molecular complexity index is 367. The van der Waals surface area contributed by atoms with Gasteiger partial charge in [0, 0.05) is 44.5 Å². The van der Waals surface area contributed by atoms with E-state index in [0.29, 0.717) is 12.6 Å². The quantitative estimate of drug-likeness (QED) is 0.698. The average Bonchev–Trinajstić information content (AvgIpc) is 2.41. The van der Waals surface area contributed by atoms with Gasteiger partial charge in [0.2, 0.25) is 5.88 Å². The number of pyridine rings is 1. The van der Waals surface area contributed by atoms with Gasteiger partial charge >= 0.3 is 0 Å². The number of hydrogen-bond donors (Lipinski definition) is 1. The topological polar surface area (TPSA) is 43.4 Å². The minimum Gasteiger partial charge on any atom is -0.478 e. The lowest BCUT2D eigenvalue weighted by molar-refractivity contribution is 0.170. The van der Waals surface area contributed by atoms with Crippen LogP contribution < -0.4 is 10.1 Å². The van der Waals surface area contributed by atoms with Crippen LogP contribution in [0.25, 0.3) is 0 Å². The van der Waals surface area contributed by atoms with Crippen molar-refractivity contribution in [2.75, 3.05) is 20.3 Å². The number of hydrogen-bond acceptors (Lipinski definition) is 4. The molecule has 0 spiro atoms. The molecule has 19 heavy (non-hydrogen) atoms. The summed E-state index contributed by atoms with van der Waals surface area (Å²) >= 11 is 0. The van der Waals surface area contributed by atoms with Crippen molar-refractivity contribution in [3.63, 3.8) is 0 Å². The van der Waals surface area contributed by atoms with Gasteiger partial charge in [-0.1, -0.05) is 20.8 Å². The molecule has 0 aliphatic rings. The molecule has 108 valence electrons. The van der Waals surface area contributed by atoms with Gasteiger partial charge < -0.3 is 14.8 Å². The minimum atomic E-state index is 0.476. The zero-order valence-electron chi connectivity index (χ0n) is 12.5. The van der Waals surface area contributed by atoms with E-state index in [-0.39, 0.29) is 0 Å². The first kappa shape index (κ1) is 15.9. The van der Waals surface area contributed by atoms with E-state index in [9.17, 15) is 0 Å². The highest BCUT2D eigenvalue weighted by Gasteiger charge is 2.04. The molecule has 1 rings (SSSR count). The summed E-state index contributed by atoms with van der Waals surface area (Å²) in [5, 5.41) is 3.41. The maximum atomic E-state index is 5.68. The Labute approximate surface area is 116 Å². The largest absolute Gasteiger partial charge is 0.478 e. The van der Waals surface area contributed by atoms with E-state index in [0.717, 1.165) is 37.6 Å². The SMILES string of the molecule is CCc1cc(CNC(C)C)cc(OCCCOC)n1. The first-order chi connectivity index (χ1) is 9.15. The molecule has 0 unspecified atom stereocenters. The Morgan fingerprint density at radius 3 is 2.68 bits per heavy atom. The van der Waals surface area contributed by atoms with Crippen LogP contribution in [0.1, 0.15) is 38.4 Å². The van der Waals surface area contributed by atoms with Crippen molar-refractivity contribution in [1.82, 2.24) is 10.3 Å². The van der Waals surface area contributed by atoms with Crippen molar-refractivity contribution in [2.45, 2.75) is 46.2 Å². The van der Waals surface area contributed by atoms with Crippen LogP contribution in [0.2, 0.25) is 0 Å². The van der Waals surface area contributed by atoms with Gasteiger partial charge in [0.05, 0.1) is 6.61 Å². The van der Waals surface area contributed by atoms with Gasteiger partial charge in [-0.25, -0.2) is 4.98 Å². The summed E-state index contributed by atoms with van der Waals surface area (Å²) in [5.74, 6) is 0.719. The maximum Gasteiger partial charge on any atom is 0.213 e. The van der Waals surface area contributed by atoms with Crippen LogP contribution in [0, 0.1) is 0 Å². The fraction of sp³-hybridized carbons (Fsp3) is 0.667. The lowest BCUT2D eigenvalue weighted by Crippen LogP contribution is -2.22. The summed E-state index contributed by atoms with van der Waals surface area (Å²) in [7, 11) is 1.70. The second-order valence-electron chi connectivity index (χ2n) is 4.89. The Kier molecular flexibility index (Phi) is 7.45. The Balaban J connectivity index is 2.60. The molecule has 1 aromatic rings. The van der Waals surface area contributed by atoms with Gasteiger partial charge in [0.15, 0.2) is 0 Å². The summed E-state index contributed by atoms with van der Waals surface area (Å²) in [4.78, 5) is 4.49. The number of aromatic nitrogens is 1. The van der Waals surface area contributed by atoms with E-state index in [1.54, 1.807) is 7.11 Å². The van der Waals surface area contributed by atoms with Crippen LogP contribution >= 0.6 is 0 Å². The van der Waals surface area contributed by atoms with Crippen LogP contribution in [0.5, 0.6) is 5.88 Å². The van der Waals surface area contributed by atoms with Crippen LogP contribution in [-0.4, -0.2) is 31.3 Å². The van der Waals surface area contributed by atoms with Gasteiger partial charge in [0.1, 0.15) is 0 Å². The smallest absolute Gasteiger partial charge is 0.213 e. The van der Waals surface area contributed by atoms with Crippen LogP contribution in [-0.2, 0) is 17.7 Å². The first-order valence-electron chi connectivity index (χ1n) is 7.00. The highest BCUT2D eigenvalue weighted by Crippen LogP contribution is 2.14. The third kappa shape index (κ3) is 6.55. The predicted molar refractivity (Wildman–Crippen MR) is 77.6 cm³/mol. The Morgan fingerprint density at radius 1 is 1.26 bits per heavy atom. The molecule has 0 aliphatic carbocycles. The standard InChI is InChI=1S/C15H26N2O2/c1-5-14-9-13(11-16-12(2)3)10-15(17-14)19-8-6-7-18-4/h9-10,12,16H,5-8,11H2,1-4H3. The van der Waals surface area contributed by atoms with E-state index >= 15 is 0 Å². The van der Waals surface area contributed by atoms with Crippen molar-refractivity contribution in [1.29, 1.82) is 0 Å². The summed E-state index contributed by atoms with van der Waals surface area (Å²) < 4.78 is 10.7. The van der Waals surface area contributed by atoms with Crippen molar-refractivity contribution < 1.29 is 9.47 Å². The van der Waals surface area contributed by atoms with Crippen LogP contribution in [0.4, 0.5) is 0 Å². The number of nitrogens with zero attached hydrogens (tertiary/aromatic N) is 1. The molecule has 0 saturated carbocycles. The maximum absolute atomic E-state index is 5.68. The minimum absolute atomic E-state index is 0.476. The first-order valence-corrected chi connectivity index (χ1v) is 7.00. The van der Waals surface area contributed by atoms with Gasteiger partial charge in [-0.2, -0.15) is 0 Å². The number of ether oxygens (including phenoxy) is 2. The van der Waals surface area contributed by atoms with Crippen LogP contribution in [0.15, 0.2) is 12.1 Å². The number of aryl methyl sites for hydroxylation is 1. The molecule has 0 radical (unpaired) electrons. The molecule has 1 aromatic heterocycles. The molecule has 1 heterocycles. The molecule has 0 fully saturated rings. The molecule has 0 bridgehead atoms. The highest BCUT2D eigenvalue weighted by molar-refractivity contribution is 5.25. The number of rotatable bonds is 9. The van der Waals surface area contributed by atoms with Gasteiger partial charge in [-0.15, -0.1) is 0 Å². The average molecular weight is 266 g/mol. The molecule has 0 aliphatic heterocycles. The van der Waals surface area contributed by atoms with Crippen molar-refractivity contribution in [3.8, 4) is 5.88 Å². The molecule has 1 N–H and O–H groups in total. The van der Waals surface area contributed by atoms with Gasteiger partial charge in [-0.05, 0) is 18.1 Å². The van der Waals surface area contributed by atoms with E-state index in [1.807, 2.05) is 6.07 Å². The summed E-state index contributed by atoms with van der Waals surface area (Å²) in [5.41, 5.74) is 2.30. The molecule has 0 saturated heterocycles. The number of methoxy groups -OCH3 is 1. The van der Waals surface area contributed by atoms with Crippen LogP contribution in [0.3, 0.4) is 0 Å². The summed E-state index contributed by atoms with van der Waals surface area (Å²) in [6.07, 6.45) is 1.80. The predicted octanol–water partition coefficient (Wildman–Crippen LogP) is 2.56. The number of nitrogens with one attached hydrogen (secondary N) is 1. The fourth-order valence-electron chi connectivity index (χ4n) is 1.68. The van der Waals surface area contributed by atoms with E-state index in [2.05, 4.69) is 37.1 Å². The van der Waals surface area contributed by atoms with E-state index < -0.39 is 0 Å². The third-order valence-electron chi connectivity index (χ3n) is 2.73. The van der Waals surface area contributed by atoms with E-state index in [1.165, 1.54) is 5.56 Å².